The summed E-state index contributed by atoms with van der Waals surface area (Å²) in [5.41, 5.74) is 4.63. The smallest absolute Gasteiger partial charge is 0.336 e. The number of Topliss-reactive ketones (excluding diaryl/α,β-unsaturated/α-hetero) is 1. The molecule has 2 atom stereocenters. The number of carbonyl (C=O) groups is 2. The Kier molecular flexibility index (Phi) is 6.96. The summed E-state index contributed by atoms with van der Waals surface area (Å²) < 4.78 is 5.60. The molecule has 0 unspecified atom stereocenters. The van der Waals surface area contributed by atoms with Crippen LogP contribution in [0.5, 0.6) is 0 Å². The monoisotopic (exact) mass is 483 g/mol. The van der Waals surface area contributed by atoms with Crippen LogP contribution in [-0.2, 0) is 14.3 Å². The number of ketones is 1. The van der Waals surface area contributed by atoms with Crippen molar-refractivity contribution < 1.29 is 14.3 Å². The van der Waals surface area contributed by atoms with E-state index in [0.29, 0.717) is 46.3 Å². The quantitative estimate of drug-likeness (QED) is 0.489. The first kappa shape index (κ1) is 23.6. The highest BCUT2D eigenvalue weighted by Gasteiger charge is 2.41. The maximum atomic E-state index is 13.5. The van der Waals surface area contributed by atoms with E-state index < -0.39 is 11.9 Å². The molecule has 4 nitrogen and oxygen atoms in total. The minimum absolute atomic E-state index is 0.0327. The Morgan fingerprint density at radius 2 is 1.58 bits per heavy atom. The van der Waals surface area contributed by atoms with Gasteiger partial charge in [-0.05, 0) is 60.6 Å². The molecule has 0 fully saturated rings. The van der Waals surface area contributed by atoms with Crippen LogP contribution >= 0.6 is 23.2 Å². The number of hydrogen-bond acceptors (Lipinski definition) is 4. The molecule has 0 amide bonds. The van der Waals surface area contributed by atoms with Crippen LogP contribution in [0.1, 0.15) is 56.6 Å². The van der Waals surface area contributed by atoms with Gasteiger partial charge in [0.15, 0.2) is 5.78 Å². The summed E-state index contributed by atoms with van der Waals surface area (Å²) in [6.45, 7) is 6.18. The Labute approximate surface area is 204 Å². The molecule has 2 aromatic carbocycles. The average molecular weight is 484 g/mol. The van der Waals surface area contributed by atoms with Crippen molar-refractivity contribution in [2.75, 3.05) is 6.61 Å². The second kappa shape index (κ2) is 9.74. The molecule has 2 aromatic rings. The number of nitrogens with one attached hydrogen (secondary N) is 1. The normalized spacial score (nSPS) is 20.6. The van der Waals surface area contributed by atoms with Crippen molar-refractivity contribution in [2.24, 2.45) is 5.92 Å². The van der Waals surface area contributed by atoms with Crippen molar-refractivity contribution in [3.05, 3.63) is 92.2 Å². The zero-order chi connectivity index (χ0) is 23.7. The van der Waals surface area contributed by atoms with E-state index >= 15 is 0 Å². The highest BCUT2D eigenvalue weighted by molar-refractivity contribution is 6.30. The molecule has 172 valence electrons. The number of allylic oxidation sites excluding steroid dienone is 3. The molecule has 0 aromatic heterocycles. The molecular weight excluding hydrogens is 457 g/mol. The van der Waals surface area contributed by atoms with Gasteiger partial charge in [-0.3, -0.25) is 4.79 Å². The number of halogens is 2. The third-order valence-electron chi connectivity index (χ3n) is 6.14. The summed E-state index contributed by atoms with van der Waals surface area (Å²) in [6, 6.07) is 15.0. The van der Waals surface area contributed by atoms with Crippen LogP contribution in [0.3, 0.4) is 0 Å². The number of carbonyl (C=O) groups excluding carboxylic acids is 2. The first-order valence-corrected chi connectivity index (χ1v) is 11.9. The van der Waals surface area contributed by atoms with Crippen LogP contribution < -0.4 is 5.32 Å². The van der Waals surface area contributed by atoms with Crippen LogP contribution in [0.2, 0.25) is 10.0 Å². The number of hydrogen-bond donors (Lipinski definition) is 1. The fraction of sp³-hybridized carbons (Fsp3) is 0.333. The van der Waals surface area contributed by atoms with E-state index in [4.69, 9.17) is 27.9 Å². The van der Waals surface area contributed by atoms with Gasteiger partial charge in [0.05, 0.1) is 12.2 Å². The fourth-order valence-electron chi connectivity index (χ4n) is 4.59. The van der Waals surface area contributed by atoms with Crippen LogP contribution in [0, 0.1) is 5.92 Å². The van der Waals surface area contributed by atoms with E-state index in [2.05, 4.69) is 5.32 Å². The number of dihydropyridines is 1. The van der Waals surface area contributed by atoms with Crippen LogP contribution in [-0.4, -0.2) is 18.4 Å². The Hall–Kier alpha value is -2.56. The first-order chi connectivity index (χ1) is 15.7. The zero-order valence-corrected chi connectivity index (χ0v) is 20.5. The lowest BCUT2D eigenvalue weighted by molar-refractivity contribution is -0.140. The number of esters is 1. The van der Waals surface area contributed by atoms with Gasteiger partial charge in [-0.25, -0.2) is 4.79 Å². The molecular formula is C27H27Cl2NO3. The van der Waals surface area contributed by atoms with Crippen molar-refractivity contribution in [3.63, 3.8) is 0 Å². The SMILES string of the molecule is CC1=C(C(=O)OCC(C)C)[C@H](c2ccc(Cl)cc2)C2=C(C[C@H](c3ccc(Cl)cc3)CC2=O)N1. The Morgan fingerprint density at radius 1 is 1.00 bits per heavy atom. The Balaban J connectivity index is 1.75. The highest BCUT2D eigenvalue weighted by Crippen LogP contribution is 2.46. The van der Waals surface area contributed by atoms with Gasteiger partial charge < -0.3 is 10.1 Å². The van der Waals surface area contributed by atoms with Crippen LogP contribution in [0.25, 0.3) is 0 Å². The van der Waals surface area contributed by atoms with Gasteiger partial charge in [-0.15, -0.1) is 0 Å². The van der Waals surface area contributed by atoms with Crippen molar-refractivity contribution in [2.45, 2.75) is 45.4 Å². The number of rotatable bonds is 5. The average Bonchev–Trinajstić information content (AvgIpc) is 2.77. The summed E-state index contributed by atoms with van der Waals surface area (Å²) in [5.74, 6) is -0.587. The molecule has 0 spiro atoms. The van der Waals surface area contributed by atoms with Gasteiger partial charge in [0.25, 0.3) is 0 Å². The fourth-order valence-corrected chi connectivity index (χ4v) is 4.84. The molecule has 2 aliphatic rings. The van der Waals surface area contributed by atoms with E-state index in [0.717, 1.165) is 16.8 Å². The van der Waals surface area contributed by atoms with Gasteiger partial charge in [-0.1, -0.05) is 61.3 Å². The van der Waals surface area contributed by atoms with Gasteiger partial charge in [0.2, 0.25) is 0 Å². The maximum absolute atomic E-state index is 13.5. The molecule has 1 heterocycles. The lowest BCUT2D eigenvalue weighted by atomic mass is 9.72. The summed E-state index contributed by atoms with van der Waals surface area (Å²) in [7, 11) is 0. The molecule has 0 saturated heterocycles. The second-order valence-corrected chi connectivity index (χ2v) is 9.99. The third-order valence-corrected chi connectivity index (χ3v) is 6.64. The number of ether oxygens (including phenoxy) is 1. The van der Waals surface area contributed by atoms with E-state index in [-0.39, 0.29) is 17.6 Å². The molecule has 0 saturated carbocycles. The lowest BCUT2D eigenvalue weighted by Crippen LogP contribution is -2.36. The Morgan fingerprint density at radius 3 is 2.15 bits per heavy atom. The molecule has 1 N–H and O–H groups in total. The predicted octanol–water partition coefficient (Wildman–Crippen LogP) is 6.55. The molecule has 1 aliphatic carbocycles. The van der Waals surface area contributed by atoms with Gasteiger partial charge in [0, 0.05) is 39.4 Å². The third kappa shape index (κ3) is 5.02. The zero-order valence-electron chi connectivity index (χ0n) is 19.0. The van der Waals surface area contributed by atoms with E-state index in [1.807, 2.05) is 57.2 Å². The van der Waals surface area contributed by atoms with Gasteiger partial charge in [-0.2, -0.15) is 0 Å². The molecule has 0 bridgehead atoms. The van der Waals surface area contributed by atoms with Crippen molar-refractivity contribution in [1.29, 1.82) is 0 Å². The molecule has 4 rings (SSSR count). The topological polar surface area (TPSA) is 55.4 Å². The first-order valence-electron chi connectivity index (χ1n) is 11.2. The Bertz CT molecular complexity index is 1130. The predicted molar refractivity (Wildman–Crippen MR) is 131 cm³/mol. The minimum Gasteiger partial charge on any atom is -0.462 e. The summed E-state index contributed by atoms with van der Waals surface area (Å²) in [4.78, 5) is 26.7. The van der Waals surface area contributed by atoms with Gasteiger partial charge in [0.1, 0.15) is 0 Å². The molecule has 0 radical (unpaired) electrons. The summed E-state index contributed by atoms with van der Waals surface area (Å²) in [6.07, 6.45) is 1.05. The molecule has 33 heavy (non-hydrogen) atoms. The second-order valence-electron chi connectivity index (χ2n) is 9.11. The standard InChI is InChI=1S/C27H27Cl2NO3/c1-15(2)14-33-27(32)24-16(3)30-22-12-19(17-4-8-20(28)9-5-17)13-23(31)26(22)25(24)18-6-10-21(29)11-7-18/h4-11,15,19,25,30H,12-14H2,1-3H3/t19-,25-/m0/s1. The maximum Gasteiger partial charge on any atom is 0.336 e. The minimum atomic E-state index is -0.489. The molecule has 6 heteroatoms. The van der Waals surface area contributed by atoms with E-state index in [1.54, 1.807) is 12.1 Å². The summed E-state index contributed by atoms with van der Waals surface area (Å²) in [5, 5.41) is 4.65. The number of benzene rings is 2. The highest BCUT2D eigenvalue weighted by atomic mass is 35.5. The summed E-state index contributed by atoms with van der Waals surface area (Å²) >= 11 is 12.2. The van der Waals surface area contributed by atoms with Gasteiger partial charge >= 0.3 is 5.97 Å². The van der Waals surface area contributed by atoms with Crippen LogP contribution in [0.4, 0.5) is 0 Å². The largest absolute Gasteiger partial charge is 0.462 e. The van der Waals surface area contributed by atoms with E-state index in [1.165, 1.54) is 0 Å². The van der Waals surface area contributed by atoms with Crippen molar-refractivity contribution in [1.82, 2.24) is 5.32 Å². The van der Waals surface area contributed by atoms with Crippen LogP contribution in [0.15, 0.2) is 71.1 Å². The molecule has 1 aliphatic heterocycles. The van der Waals surface area contributed by atoms with E-state index in [9.17, 15) is 9.59 Å². The lowest BCUT2D eigenvalue weighted by Gasteiger charge is -2.36. The van der Waals surface area contributed by atoms with Crippen molar-refractivity contribution >= 4 is 35.0 Å². The van der Waals surface area contributed by atoms with Crippen molar-refractivity contribution in [3.8, 4) is 0 Å².